The lowest BCUT2D eigenvalue weighted by Gasteiger charge is -2.16. The van der Waals surface area contributed by atoms with Gasteiger partial charge in [0.15, 0.2) is 0 Å². The Labute approximate surface area is 78.4 Å². The van der Waals surface area contributed by atoms with Crippen molar-refractivity contribution in [1.82, 2.24) is 0 Å². The van der Waals surface area contributed by atoms with Crippen molar-refractivity contribution in [1.29, 1.82) is 0 Å². The first-order chi connectivity index (χ1) is 6.24. The zero-order valence-electron chi connectivity index (χ0n) is 7.99. The maximum atomic E-state index is 10.8. The molecular formula is C9H17NO3. The lowest BCUT2D eigenvalue weighted by atomic mass is 9.96. The van der Waals surface area contributed by atoms with E-state index < -0.39 is 0 Å². The van der Waals surface area contributed by atoms with Gasteiger partial charge in [0, 0.05) is 19.1 Å². The number of hydrogen-bond donors (Lipinski definition) is 1. The van der Waals surface area contributed by atoms with Gasteiger partial charge in [0.1, 0.15) is 0 Å². The molecule has 0 bridgehead atoms. The number of carbonyl (C=O) groups is 1. The van der Waals surface area contributed by atoms with Gasteiger partial charge in [0.2, 0.25) is 0 Å². The Morgan fingerprint density at radius 2 is 2.54 bits per heavy atom. The average Bonchev–Trinajstić information content (AvgIpc) is 2.66. The molecule has 1 heterocycles. The quantitative estimate of drug-likeness (QED) is 0.643. The van der Waals surface area contributed by atoms with E-state index in [2.05, 4.69) is 4.74 Å². The summed E-state index contributed by atoms with van der Waals surface area (Å²) < 4.78 is 9.75. The fourth-order valence-corrected chi connectivity index (χ4v) is 1.51. The molecule has 0 aromatic carbocycles. The highest BCUT2D eigenvalue weighted by Crippen LogP contribution is 2.18. The van der Waals surface area contributed by atoms with Gasteiger partial charge in [-0.3, -0.25) is 4.79 Å². The minimum atomic E-state index is -0.186. The smallest absolute Gasteiger partial charge is 0.305 e. The zero-order valence-corrected chi connectivity index (χ0v) is 7.99. The zero-order chi connectivity index (χ0) is 9.68. The molecule has 0 spiro atoms. The van der Waals surface area contributed by atoms with E-state index in [-0.39, 0.29) is 12.0 Å². The van der Waals surface area contributed by atoms with Crippen LogP contribution < -0.4 is 5.73 Å². The highest BCUT2D eigenvalue weighted by molar-refractivity contribution is 5.69. The summed E-state index contributed by atoms with van der Waals surface area (Å²) in [6, 6.07) is 0.0709. The molecule has 1 aliphatic heterocycles. The number of ether oxygens (including phenoxy) is 2. The number of nitrogens with two attached hydrogens (primary N) is 1. The minimum Gasteiger partial charge on any atom is -0.469 e. The van der Waals surface area contributed by atoms with Gasteiger partial charge in [0.05, 0.1) is 13.7 Å². The normalized spacial score (nSPS) is 24.3. The van der Waals surface area contributed by atoms with Crippen LogP contribution in [-0.2, 0) is 14.3 Å². The van der Waals surface area contributed by atoms with Crippen LogP contribution in [0.4, 0.5) is 0 Å². The Hall–Kier alpha value is -0.610. The van der Waals surface area contributed by atoms with Gasteiger partial charge in [0.25, 0.3) is 0 Å². The first-order valence-electron chi connectivity index (χ1n) is 4.64. The summed E-state index contributed by atoms with van der Waals surface area (Å²) >= 11 is 0. The van der Waals surface area contributed by atoms with Crippen molar-refractivity contribution >= 4 is 5.97 Å². The average molecular weight is 187 g/mol. The van der Waals surface area contributed by atoms with Crippen molar-refractivity contribution in [2.24, 2.45) is 11.7 Å². The van der Waals surface area contributed by atoms with E-state index in [0.717, 1.165) is 19.6 Å². The minimum absolute atomic E-state index is 0.0709. The second-order valence-corrected chi connectivity index (χ2v) is 3.40. The van der Waals surface area contributed by atoms with Crippen molar-refractivity contribution in [3.8, 4) is 0 Å². The summed E-state index contributed by atoms with van der Waals surface area (Å²) in [7, 11) is 1.40. The fraction of sp³-hybridized carbons (Fsp3) is 0.889. The van der Waals surface area contributed by atoms with Crippen molar-refractivity contribution < 1.29 is 14.3 Å². The van der Waals surface area contributed by atoms with E-state index in [1.165, 1.54) is 7.11 Å². The SMILES string of the molecule is COC(=O)CCC(N)C1CCOC1. The molecule has 13 heavy (non-hydrogen) atoms. The second kappa shape index (κ2) is 5.19. The number of hydrogen-bond acceptors (Lipinski definition) is 4. The molecule has 0 amide bonds. The molecule has 0 aliphatic carbocycles. The van der Waals surface area contributed by atoms with Crippen LogP contribution in [0.5, 0.6) is 0 Å². The molecule has 4 nitrogen and oxygen atoms in total. The molecule has 4 heteroatoms. The summed E-state index contributed by atoms with van der Waals surface area (Å²) in [6.07, 6.45) is 2.12. The molecule has 1 saturated heterocycles. The molecule has 1 aliphatic rings. The maximum absolute atomic E-state index is 10.8. The van der Waals surface area contributed by atoms with Crippen molar-refractivity contribution in [2.75, 3.05) is 20.3 Å². The van der Waals surface area contributed by atoms with E-state index in [1.54, 1.807) is 0 Å². The number of rotatable bonds is 4. The van der Waals surface area contributed by atoms with E-state index in [0.29, 0.717) is 18.8 Å². The Bertz CT molecular complexity index is 166. The van der Waals surface area contributed by atoms with Crippen molar-refractivity contribution in [3.05, 3.63) is 0 Å². The molecule has 0 aromatic rings. The van der Waals surface area contributed by atoms with Gasteiger partial charge < -0.3 is 15.2 Å². The third-order valence-electron chi connectivity index (χ3n) is 2.48. The highest BCUT2D eigenvalue weighted by Gasteiger charge is 2.22. The van der Waals surface area contributed by atoms with Crippen LogP contribution in [0.15, 0.2) is 0 Å². The summed E-state index contributed by atoms with van der Waals surface area (Å²) in [4.78, 5) is 10.8. The van der Waals surface area contributed by atoms with Crippen LogP contribution in [0.2, 0.25) is 0 Å². The summed E-state index contributed by atoms with van der Waals surface area (Å²) in [6.45, 7) is 1.54. The molecule has 2 N–H and O–H groups in total. The second-order valence-electron chi connectivity index (χ2n) is 3.40. The van der Waals surface area contributed by atoms with Gasteiger partial charge in [-0.05, 0) is 18.8 Å². The third kappa shape index (κ3) is 3.32. The molecule has 0 saturated carbocycles. The first-order valence-corrected chi connectivity index (χ1v) is 4.64. The Morgan fingerprint density at radius 3 is 3.08 bits per heavy atom. The number of methoxy groups -OCH3 is 1. The molecule has 2 unspecified atom stereocenters. The first kappa shape index (κ1) is 10.5. The largest absolute Gasteiger partial charge is 0.469 e. The van der Waals surface area contributed by atoms with Gasteiger partial charge in [-0.2, -0.15) is 0 Å². The summed E-state index contributed by atoms with van der Waals surface area (Å²) in [5.41, 5.74) is 5.89. The molecule has 1 fully saturated rings. The van der Waals surface area contributed by atoms with Crippen LogP contribution in [0.3, 0.4) is 0 Å². The van der Waals surface area contributed by atoms with Gasteiger partial charge in [-0.1, -0.05) is 0 Å². The summed E-state index contributed by atoms with van der Waals surface area (Å²) in [5, 5.41) is 0. The van der Waals surface area contributed by atoms with Crippen molar-refractivity contribution in [3.63, 3.8) is 0 Å². The van der Waals surface area contributed by atoms with Crippen molar-refractivity contribution in [2.45, 2.75) is 25.3 Å². The van der Waals surface area contributed by atoms with Crippen LogP contribution >= 0.6 is 0 Å². The van der Waals surface area contributed by atoms with E-state index in [1.807, 2.05) is 0 Å². The molecule has 0 aromatic heterocycles. The molecular weight excluding hydrogens is 170 g/mol. The molecule has 76 valence electrons. The standard InChI is InChI=1S/C9H17NO3/c1-12-9(11)3-2-8(10)7-4-5-13-6-7/h7-8H,2-6,10H2,1H3. The molecule has 2 atom stereocenters. The molecule has 1 rings (SSSR count). The maximum Gasteiger partial charge on any atom is 0.305 e. The Kier molecular flexibility index (Phi) is 4.18. The lowest BCUT2D eigenvalue weighted by Crippen LogP contribution is -2.31. The van der Waals surface area contributed by atoms with Crippen LogP contribution in [0.25, 0.3) is 0 Å². The number of esters is 1. The van der Waals surface area contributed by atoms with E-state index in [4.69, 9.17) is 10.5 Å². The van der Waals surface area contributed by atoms with Gasteiger partial charge >= 0.3 is 5.97 Å². The fourth-order valence-electron chi connectivity index (χ4n) is 1.51. The van der Waals surface area contributed by atoms with Crippen LogP contribution in [0.1, 0.15) is 19.3 Å². The van der Waals surface area contributed by atoms with Gasteiger partial charge in [-0.25, -0.2) is 0 Å². The summed E-state index contributed by atoms with van der Waals surface area (Å²) in [5.74, 6) is 0.235. The van der Waals surface area contributed by atoms with Gasteiger partial charge in [-0.15, -0.1) is 0 Å². The van der Waals surface area contributed by atoms with E-state index >= 15 is 0 Å². The lowest BCUT2D eigenvalue weighted by molar-refractivity contribution is -0.140. The topological polar surface area (TPSA) is 61.5 Å². The predicted octanol–water partition coefficient (Wildman–Crippen LogP) is 0.303. The highest BCUT2D eigenvalue weighted by atomic mass is 16.5. The monoisotopic (exact) mass is 187 g/mol. The predicted molar refractivity (Wildman–Crippen MR) is 48.2 cm³/mol. The Balaban J connectivity index is 2.16. The third-order valence-corrected chi connectivity index (χ3v) is 2.48. The Morgan fingerprint density at radius 1 is 1.77 bits per heavy atom. The number of carbonyl (C=O) groups excluding carboxylic acids is 1. The molecule has 0 radical (unpaired) electrons. The van der Waals surface area contributed by atoms with Crippen LogP contribution in [0, 0.1) is 5.92 Å². The van der Waals surface area contributed by atoms with E-state index in [9.17, 15) is 4.79 Å². The van der Waals surface area contributed by atoms with Crippen LogP contribution in [-0.4, -0.2) is 32.3 Å².